The first-order valence-electron chi connectivity index (χ1n) is 4.91. The second-order valence-corrected chi connectivity index (χ2v) is 4.66. The van der Waals surface area contributed by atoms with Gasteiger partial charge < -0.3 is 10.4 Å². The highest BCUT2D eigenvalue weighted by Crippen LogP contribution is 2.33. The summed E-state index contributed by atoms with van der Waals surface area (Å²) in [5.41, 5.74) is 2.46. The van der Waals surface area contributed by atoms with E-state index in [9.17, 15) is 5.11 Å². The molecule has 2 rings (SSSR count). The molecular weight excluding hydrogens is 242 g/mol. The summed E-state index contributed by atoms with van der Waals surface area (Å²) in [6, 6.07) is 4.31. The summed E-state index contributed by atoms with van der Waals surface area (Å²) in [7, 11) is 0. The lowest BCUT2D eigenvalue weighted by atomic mass is 10.00. The van der Waals surface area contributed by atoms with Crippen LogP contribution < -0.4 is 5.32 Å². The summed E-state index contributed by atoms with van der Waals surface area (Å²) in [5, 5.41) is 13.0. The summed E-state index contributed by atoms with van der Waals surface area (Å²) in [5.74, 6) is 0.323. The largest absolute Gasteiger partial charge is 0.507 e. The molecule has 1 aromatic carbocycles. The van der Waals surface area contributed by atoms with Gasteiger partial charge in [-0.05, 0) is 65.5 Å². The van der Waals surface area contributed by atoms with Crippen molar-refractivity contribution in [2.24, 2.45) is 0 Å². The average Bonchev–Trinajstić information content (AvgIpc) is 2.64. The normalized spacial score (nSPS) is 21.4. The lowest BCUT2D eigenvalue weighted by molar-refractivity contribution is 0.470. The Balaban J connectivity index is 2.37. The van der Waals surface area contributed by atoms with Gasteiger partial charge in [0.15, 0.2) is 0 Å². The number of phenols is 1. The van der Waals surface area contributed by atoms with Crippen molar-refractivity contribution in [1.29, 1.82) is 0 Å². The molecule has 0 aliphatic carbocycles. The third-order valence-electron chi connectivity index (χ3n) is 2.77. The highest BCUT2D eigenvalue weighted by atomic mass is 79.9. The molecule has 1 aromatic rings. The molecule has 1 aliphatic rings. The van der Waals surface area contributed by atoms with Crippen LogP contribution in [-0.2, 0) is 0 Å². The van der Waals surface area contributed by atoms with Gasteiger partial charge in [0.05, 0.1) is 4.47 Å². The minimum absolute atomic E-state index is 0.323. The van der Waals surface area contributed by atoms with E-state index in [0.717, 1.165) is 16.6 Å². The Kier molecular flexibility index (Phi) is 2.79. The Morgan fingerprint density at radius 3 is 2.93 bits per heavy atom. The molecule has 1 heterocycles. The topological polar surface area (TPSA) is 32.3 Å². The number of rotatable bonds is 1. The number of hydrogen-bond donors (Lipinski definition) is 2. The van der Waals surface area contributed by atoms with Crippen molar-refractivity contribution in [3.05, 3.63) is 27.7 Å². The van der Waals surface area contributed by atoms with Crippen LogP contribution in [0.1, 0.15) is 30.0 Å². The van der Waals surface area contributed by atoms with Crippen LogP contribution in [0.5, 0.6) is 5.75 Å². The number of phenolic OH excluding ortho intramolecular Hbond substituents is 1. The van der Waals surface area contributed by atoms with Gasteiger partial charge in [-0.1, -0.05) is 0 Å². The van der Waals surface area contributed by atoms with E-state index in [4.69, 9.17) is 0 Å². The fourth-order valence-electron chi connectivity index (χ4n) is 2.01. The monoisotopic (exact) mass is 255 g/mol. The number of aryl methyl sites for hydroxylation is 1. The number of benzene rings is 1. The summed E-state index contributed by atoms with van der Waals surface area (Å²) < 4.78 is 0.784. The molecule has 0 aromatic heterocycles. The van der Waals surface area contributed by atoms with Crippen LogP contribution in [0, 0.1) is 6.92 Å². The predicted octanol–water partition coefficient (Wildman–Crippen LogP) is 2.89. The van der Waals surface area contributed by atoms with E-state index in [0.29, 0.717) is 11.8 Å². The van der Waals surface area contributed by atoms with E-state index in [1.54, 1.807) is 0 Å². The standard InChI is InChI=1S/C11H14BrNO/c1-7-5-11(14)9(12)6-8(7)10-3-2-4-13-10/h5-6,10,13-14H,2-4H2,1H3. The Bertz CT molecular complexity index is 345. The summed E-state index contributed by atoms with van der Waals surface area (Å²) in [6.45, 7) is 3.14. The van der Waals surface area contributed by atoms with E-state index in [-0.39, 0.29) is 0 Å². The zero-order valence-electron chi connectivity index (χ0n) is 8.18. The zero-order valence-corrected chi connectivity index (χ0v) is 9.76. The lowest BCUT2D eigenvalue weighted by Gasteiger charge is -2.14. The molecule has 0 saturated carbocycles. The molecule has 0 radical (unpaired) electrons. The van der Waals surface area contributed by atoms with Crippen molar-refractivity contribution in [2.45, 2.75) is 25.8 Å². The lowest BCUT2D eigenvalue weighted by Crippen LogP contribution is -2.13. The molecule has 0 bridgehead atoms. The summed E-state index contributed by atoms with van der Waals surface area (Å²) >= 11 is 3.35. The molecule has 0 amide bonds. The smallest absolute Gasteiger partial charge is 0.130 e. The molecule has 1 unspecified atom stereocenters. The Hall–Kier alpha value is -0.540. The van der Waals surface area contributed by atoms with E-state index < -0.39 is 0 Å². The van der Waals surface area contributed by atoms with Gasteiger partial charge in [-0.3, -0.25) is 0 Å². The van der Waals surface area contributed by atoms with Gasteiger partial charge in [-0.2, -0.15) is 0 Å². The molecule has 14 heavy (non-hydrogen) atoms. The number of halogens is 1. The first kappa shape index (κ1) is 9.99. The van der Waals surface area contributed by atoms with Crippen LogP contribution >= 0.6 is 15.9 Å². The summed E-state index contributed by atoms with van der Waals surface area (Å²) in [6.07, 6.45) is 2.43. The number of nitrogens with one attached hydrogen (secondary N) is 1. The first-order valence-corrected chi connectivity index (χ1v) is 5.70. The van der Waals surface area contributed by atoms with Crippen molar-refractivity contribution in [1.82, 2.24) is 5.32 Å². The maximum atomic E-state index is 9.50. The maximum absolute atomic E-state index is 9.50. The first-order chi connectivity index (χ1) is 6.68. The van der Waals surface area contributed by atoms with Gasteiger partial charge in [-0.15, -0.1) is 0 Å². The Labute approximate surface area is 92.5 Å². The Morgan fingerprint density at radius 2 is 2.29 bits per heavy atom. The van der Waals surface area contributed by atoms with Crippen molar-refractivity contribution >= 4 is 15.9 Å². The zero-order chi connectivity index (χ0) is 10.1. The minimum Gasteiger partial charge on any atom is -0.507 e. The van der Waals surface area contributed by atoms with Crippen molar-refractivity contribution in [3.8, 4) is 5.75 Å². The quantitative estimate of drug-likeness (QED) is 0.809. The van der Waals surface area contributed by atoms with E-state index in [1.807, 2.05) is 19.1 Å². The fraction of sp³-hybridized carbons (Fsp3) is 0.455. The van der Waals surface area contributed by atoms with Gasteiger partial charge in [0.25, 0.3) is 0 Å². The highest BCUT2D eigenvalue weighted by molar-refractivity contribution is 9.10. The SMILES string of the molecule is Cc1cc(O)c(Br)cc1C1CCCN1. The van der Waals surface area contributed by atoms with E-state index in [1.165, 1.54) is 18.4 Å². The molecule has 2 N–H and O–H groups in total. The van der Waals surface area contributed by atoms with Crippen LogP contribution in [0.15, 0.2) is 16.6 Å². The van der Waals surface area contributed by atoms with Crippen LogP contribution in [0.4, 0.5) is 0 Å². The summed E-state index contributed by atoms with van der Waals surface area (Å²) in [4.78, 5) is 0. The van der Waals surface area contributed by atoms with Crippen LogP contribution in [0.2, 0.25) is 0 Å². The molecule has 76 valence electrons. The van der Waals surface area contributed by atoms with E-state index in [2.05, 4.69) is 21.2 Å². The van der Waals surface area contributed by atoms with Crippen LogP contribution in [-0.4, -0.2) is 11.7 Å². The highest BCUT2D eigenvalue weighted by Gasteiger charge is 2.18. The van der Waals surface area contributed by atoms with Gasteiger partial charge >= 0.3 is 0 Å². The number of hydrogen-bond acceptors (Lipinski definition) is 2. The predicted molar refractivity (Wildman–Crippen MR) is 60.5 cm³/mol. The third kappa shape index (κ3) is 1.79. The molecule has 1 aliphatic heterocycles. The molecule has 1 fully saturated rings. The number of aromatic hydroxyl groups is 1. The van der Waals surface area contributed by atoms with Crippen molar-refractivity contribution in [3.63, 3.8) is 0 Å². The molecule has 1 saturated heterocycles. The second-order valence-electron chi connectivity index (χ2n) is 3.81. The van der Waals surface area contributed by atoms with Crippen LogP contribution in [0.25, 0.3) is 0 Å². The second kappa shape index (κ2) is 3.91. The average molecular weight is 256 g/mol. The molecule has 1 atom stereocenters. The molecule has 0 spiro atoms. The van der Waals surface area contributed by atoms with Gasteiger partial charge in [-0.25, -0.2) is 0 Å². The van der Waals surface area contributed by atoms with Gasteiger partial charge in [0, 0.05) is 6.04 Å². The maximum Gasteiger partial charge on any atom is 0.130 e. The van der Waals surface area contributed by atoms with Gasteiger partial charge in [0.1, 0.15) is 5.75 Å². The third-order valence-corrected chi connectivity index (χ3v) is 3.41. The van der Waals surface area contributed by atoms with Gasteiger partial charge in [0.2, 0.25) is 0 Å². The van der Waals surface area contributed by atoms with E-state index >= 15 is 0 Å². The molecular formula is C11H14BrNO. The van der Waals surface area contributed by atoms with Crippen LogP contribution in [0.3, 0.4) is 0 Å². The molecule has 2 nitrogen and oxygen atoms in total. The minimum atomic E-state index is 0.323. The van der Waals surface area contributed by atoms with Crippen molar-refractivity contribution in [2.75, 3.05) is 6.54 Å². The molecule has 3 heteroatoms. The Morgan fingerprint density at radius 1 is 1.50 bits per heavy atom. The van der Waals surface area contributed by atoms with Crippen molar-refractivity contribution < 1.29 is 5.11 Å². The fourth-order valence-corrected chi connectivity index (χ4v) is 2.37.